The zero-order chi connectivity index (χ0) is 40.4. The minimum absolute atomic E-state index is 0. The summed E-state index contributed by atoms with van der Waals surface area (Å²) in [5.74, 6) is 0.638. The van der Waals surface area contributed by atoms with Gasteiger partial charge in [0.1, 0.15) is 11.6 Å². The molecule has 5 N–H and O–H groups in total. The second-order valence-corrected chi connectivity index (χ2v) is 18.1. The van der Waals surface area contributed by atoms with Crippen LogP contribution in [0.25, 0.3) is 0 Å². The highest BCUT2D eigenvalue weighted by Crippen LogP contribution is 2.50. The highest BCUT2D eigenvalue weighted by molar-refractivity contribution is 6.13. The Hall–Kier alpha value is -1.63. The van der Waals surface area contributed by atoms with E-state index in [0.717, 1.165) is 135 Å². The van der Waals surface area contributed by atoms with E-state index in [1.807, 2.05) is 4.90 Å². The predicted molar refractivity (Wildman–Crippen MR) is 228 cm³/mol. The fourth-order valence-electron chi connectivity index (χ4n) is 10.2. The molecule has 5 heterocycles. The number of hydrogen-bond donors (Lipinski definition) is 3. The van der Waals surface area contributed by atoms with Gasteiger partial charge in [-0.2, -0.15) is 0 Å². The number of nitrogens with one attached hydrogen (secondary N) is 2. The summed E-state index contributed by atoms with van der Waals surface area (Å²) in [7, 11) is 0. The van der Waals surface area contributed by atoms with Crippen LogP contribution in [-0.2, 0) is 23.8 Å². The van der Waals surface area contributed by atoms with E-state index >= 15 is 0 Å². The normalized spacial score (nSPS) is 28.7. The van der Waals surface area contributed by atoms with Crippen molar-refractivity contribution in [2.75, 3.05) is 32.8 Å². The third kappa shape index (κ3) is 14.2. The zero-order valence-corrected chi connectivity index (χ0v) is 37.8. The molecule has 0 aromatic heterocycles. The number of quaternary nitrogens is 1. The van der Waals surface area contributed by atoms with Gasteiger partial charge < -0.3 is 47.5 Å². The Kier molecular flexibility index (Phi) is 22.0. The van der Waals surface area contributed by atoms with Crippen molar-refractivity contribution < 1.29 is 41.9 Å². The largest absolute Gasteiger partial charge is 1.00 e. The standard InChI is InChI=1S/C45H79ClN6O5.ClH/c1-3-38-24-16-17-28-44(57-38)35-37-26-27-39-41(45(29-21-23-36(2)56-45)50-43(49-44)52(37)39)42(54)55-34-20-14-12-10-8-6-4-5-7-9-11-13-15-25-40(53)51(32-19-18-30-47)33-22-31-48-46;/h16,24,36-39,41,48H,3-15,17-23,25-35,47H2,1-2H3,(H,49,50);1H/t36-,37+,38+,39-,41-,44+,45-;/m1./s1. The third-order valence-electron chi connectivity index (χ3n) is 13.3. The Bertz CT molecular complexity index is 1270. The van der Waals surface area contributed by atoms with E-state index in [4.69, 9.17) is 31.0 Å². The Morgan fingerprint density at radius 3 is 2.31 bits per heavy atom. The number of guanidine groups is 1. The first-order chi connectivity index (χ1) is 27.8. The minimum Gasteiger partial charge on any atom is -1.00 e. The van der Waals surface area contributed by atoms with Gasteiger partial charge in [0, 0.05) is 38.5 Å². The first-order valence-corrected chi connectivity index (χ1v) is 24.0. The minimum atomic E-state index is -0.879. The van der Waals surface area contributed by atoms with Gasteiger partial charge in [0.15, 0.2) is 11.7 Å². The number of carbonyl (C=O) groups is 2. The molecule has 5 rings (SSSR count). The van der Waals surface area contributed by atoms with E-state index in [2.05, 4.69) is 46.8 Å². The summed E-state index contributed by atoms with van der Waals surface area (Å²) >= 11 is 5.60. The van der Waals surface area contributed by atoms with Crippen molar-refractivity contribution in [3.8, 4) is 0 Å². The number of aliphatic imine (C=N–C) groups is 1. The number of carbonyl (C=O) groups excluding carboxylic acids is 2. The average Bonchev–Trinajstić information content (AvgIpc) is 3.50. The first-order valence-electron chi connectivity index (χ1n) is 23.6. The highest BCUT2D eigenvalue weighted by Gasteiger charge is 2.62. The van der Waals surface area contributed by atoms with Crippen LogP contribution in [-0.4, -0.2) is 96.2 Å². The van der Waals surface area contributed by atoms with E-state index in [-0.39, 0.29) is 36.6 Å². The molecule has 7 atom stereocenters. The van der Waals surface area contributed by atoms with Crippen LogP contribution in [0.2, 0.25) is 0 Å². The molecular weight excluding hydrogens is 775 g/mol. The van der Waals surface area contributed by atoms with Crippen LogP contribution < -0.4 is 28.3 Å². The molecule has 13 heteroatoms. The summed E-state index contributed by atoms with van der Waals surface area (Å²) in [5, 5.41) is 3.80. The molecule has 0 aliphatic carbocycles. The number of halogens is 2. The van der Waals surface area contributed by atoms with E-state index in [1.54, 1.807) is 0 Å². The van der Waals surface area contributed by atoms with Crippen molar-refractivity contribution in [3.05, 3.63) is 12.2 Å². The Balaban J connectivity index is 0.00000744. The van der Waals surface area contributed by atoms with Gasteiger partial charge >= 0.3 is 5.97 Å². The Morgan fingerprint density at radius 2 is 1.64 bits per heavy atom. The molecule has 0 unspecified atom stereocenters. The fourth-order valence-corrected chi connectivity index (χ4v) is 10.3. The van der Waals surface area contributed by atoms with Gasteiger partial charge in [-0.15, -0.1) is 0 Å². The van der Waals surface area contributed by atoms with Gasteiger partial charge in [0.05, 0.1) is 31.4 Å². The molecule has 0 saturated carbocycles. The molecule has 0 aromatic rings. The van der Waals surface area contributed by atoms with Crippen molar-refractivity contribution >= 4 is 29.6 Å². The molecule has 0 aromatic carbocycles. The van der Waals surface area contributed by atoms with Gasteiger partial charge in [0.25, 0.3) is 0 Å². The molecule has 11 nitrogen and oxygen atoms in total. The molecule has 2 spiro atoms. The van der Waals surface area contributed by atoms with Crippen LogP contribution in [0.1, 0.15) is 181 Å². The van der Waals surface area contributed by atoms with Gasteiger partial charge in [-0.3, -0.25) is 9.59 Å². The van der Waals surface area contributed by atoms with Crippen LogP contribution >= 0.6 is 11.8 Å². The van der Waals surface area contributed by atoms with Gasteiger partial charge in [-0.05, 0) is 102 Å². The topological polar surface area (TPSA) is 132 Å². The van der Waals surface area contributed by atoms with E-state index < -0.39 is 17.4 Å². The number of rotatable bonds is 26. The van der Waals surface area contributed by atoms with E-state index in [0.29, 0.717) is 25.0 Å². The highest BCUT2D eigenvalue weighted by atomic mass is 35.5. The Labute approximate surface area is 362 Å². The van der Waals surface area contributed by atoms with Crippen LogP contribution in [0.15, 0.2) is 17.1 Å². The average molecular weight is 856 g/mol. The quantitative estimate of drug-likeness (QED) is 0.0484. The smallest absolute Gasteiger partial charge is 0.316 e. The molecule has 0 bridgehead atoms. The number of ether oxygens (including phenoxy) is 3. The van der Waals surface area contributed by atoms with Crippen molar-refractivity contribution in [3.63, 3.8) is 0 Å². The molecule has 3 fully saturated rings. The molecule has 58 heavy (non-hydrogen) atoms. The summed E-state index contributed by atoms with van der Waals surface area (Å²) in [6.45, 7) is 8.06. The number of esters is 1. The maximum atomic E-state index is 14.1. The molecular formula is C45H80Cl2N6O5. The molecule has 0 radical (unpaired) electrons. The first kappa shape index (κ1) is 49.0. The summed E-state index contributed by atoms with van der Waals surface area (Å²) in [6, 6.07) is 0.342. The van der Waals surface area contributed by atoms with Crippen molar-refractivity contribution in [1.82, 2.24) is 20.0 Å². The third-order valence-corrected chi connectivity index (χ3v) is 13.5. The molecule has 1 amide bonds. The SMILES string of the molecule is CC[C@H]1C=CCC[C@@]2(C[C@@H]3CC[C@@H]4[C@H](C(=O)OCCCCCCCCCCCCCCCC(=O)N(CCCC[NH3+])CCCNCl)[C@]5(CCC[C@@H](C)O5)N=C(N2)N34)O1.[Cl-]. The van der Waals surface area contributed by atoms with Crippen LogP contribution in [0, 0.1) is 5.92 Å². The number of nitrogens with zero attached hydrogens (tertiary/aromatic N) is 3. The van der Waals surface area contributed by atoms with Crippen LogP contribution in [0.3, 0.4) is 0 Å². The lowest BCUT2D eigenvalue weighted by atomic mass is 9.80. The molecule has 334 valence electrons. The summed E-state index contributed by atoms with van der Waals surface area (Å²) < 4.78 is 19.6. The monoisotopic (exact) mass is 855 g/mol. The van der Waals surface area contributed by atoms with Crippen molar-refractivity contribution in [2.45, 2.75) is 217 Å². The van der Waals surface area contributed by atoms with Crippen molar-refractivity contribution in [2.24, 2.45) is 10.9 Å². The predicted octanol–water partition coefficient (Wildman–Crippen LogP) is 4.92. The van der Waals surface area contributed by atoms with E-state index in [9.17, 15) is 9.59 Å². The summed E-state index contributed by atoms with van der Waals surface area (Å²) in [5.41, 5.74) is 2.61. The second kappa shape index (κ2) is 26.0. The lowest BCUT2D eigenvalue weighted by Crippen LogP contribution is -3.00. The maximum absolute atomic E-state index is 14.1. The van der Waals surface area contributed by atoms with Crippen LogP contribution in [0.5, 0.6) is 0 Å². The number of hydrogen-bond acceptors (Lipinski definition) is 9. The number of unbranched alkanes of at least 4 members (excludes halogenated alkanes) is 13. The fraction of sp³-hybridized carbons (Fsp3) is 0.889. The lowest BCUT2D eigenvalue weighted by Gasteiger charge is -2.55. The zero-order valence-electron chi connectivity index (χ0n) is 36.3. The molecule has 5 aliphatic heterocycles. The number of amides is 1. The Morgan fingerprint density at radius 1 is 0.948 bits per heavy atom. The van der Waals surface area contributed by atoms with E-state index in [1.165, 1.54) is 57.8 Å². The van der Waals surface area contributed by atoms with Crippen LogP contribution in [0.4, 0.5) is 0 Å². The summed E-state index contributed by atoms with van der Waals surface area (Å²) in [4.78, 5) is 39.3. The van der Waals surface area contributed by atoms with Gasteiger partial charge in [-0.25, -0.2) is 9.83 Å². The molecule has 5 aliphatic rings. The second-order valence-electron chi connectivity index (χ2n) is 17.8. The lowest BCUT2D eigenvalue weighted by molar-refractivity contribution is -0.368. The molecule has 3 saturated heterocycles. The van der Waals surface area contributed by atoms with Crippen molar-refractivity contribution in [1.29, 1.82) is 0 Å². The number of allylic oxidation sites excluding steroid dienone is 1. The maximum Gasteiger partial charge on any atom is 0.316 e. The van der Waals surface area contributed by atoms with Gasteiger partial charge in [0.2, 0.25) is 5.91 Å². The van der Waals surface area contributed by atoms with Gasteiger partial charge in [-0.1, -0.05) is 89.7 Å². The summed E-state index contributed by atoms with van der Waals surface area (Å²) in [6.07, 6.45) is 32.3.